The fraction of sp³-hybridized carbons (Fsp3) is 0.714. The summed E-state index contributed by atoms with van der Waals surface area (Å²) in [7, 11) is 0. The average molecular weight is 237 g/mol. The molecule has 0 heterocycles. The zero-order valence-corrected chi connectivity index (χ0v) is 12.2. The van der Waals surface area contributed by atoms with Crippen molar-refractivity contribution in [2.45, 2.75) is 48.0 Å². The van der Waals surface area contributed by atoms with E-state index in [1.165, 1.54) is 0 Å². The van der Waals surface area contributed by atoms with E-state index in [0.29, 0.717) is 5.92 Å². The summed E-state index contributed by atoms with van der Waals surface area (Å²) in [4.78, 5) is 0. The predicted molar refractivity (Wildman–Crippen MR) is 74.7 cm³/mol. The van der Waals surface area contributed by atoms with Gasteiger partial charge in [-0.05, 0) is 25.3 Å². The summed E-state index contributed by atoms with van der Waals surface area (Å²) in [6.45, 7) is 17.5. The Labute approximate surface area is 106 Å². The first-order valence-electron chi connectivity index (χ1n) is 6.27. The first kappa shape index (κ1) is 15.9. The van der Waals surface area contributed by atoms with Gasteiger partial charge < -0.3 is 5.32 Å². The summed E-state index contributed by atoms with van der Waals surface area (Å²) in [6, 6.07) is 0. The van der Waals surface area contributed by atoms with E-state index in [9.17, 15) is 0 Å². The standard InChI is InChI=1S/C14H27N3/c1-8-13(16-12(4)14(5,6)7)17-15-10-9-11(2)3/h8,11,16H,4,9-10H2,1-3,5-7H3/b13-8-,17-15?. The molecule has 1 N–H and O–H groups in total. The Kier molecular flexibility index (Phi) is 6.78. The lowest BCUT2D eigenvalue weighted by Crippen LogP contribution is -2.22. The Morgan fingerprint density at radius 2 is 1.94 bits per heavy atom. The Morgan fingerprint density at radius 3 is 2.35 bits per heavy atom. The third kappa shape index (κ3) is 7.72. The molecule has 0 aromatic heterocycles. The molecule has 0 rings (SSSR count). The smallest absolute Gasteiger partial charge is 0.147 e. The summed E-state index contributed by atoms with van der Waals surface area (Å²) >= 11 is 0. The van der Waals surface area contributed by atoms with Crippen LogP contribution in [0.25, 0.3) is 0 Å². The Morgan fingerprint density at radius 1 is 1.35 bits per heavy atom. The van der Waals surface area contributed by atoms with Crippen LogP contribution in [0.1, 0.15) is 48.0 Å². The monoisotopic (exact) mass is 237 g/mol. The predicted octanol–water partition coefficient (Wildman–Crippen LogP) is 4.50. The van der Waals surface area contributed by atoms with Crippen LogP contribution in [0.15, 0.2) is 34.4 Å². The van der Waals surface area contributed by atoms with Crippen LogP contribution in [0, 0.1) is 11.3 Å². The molecule has 0 aromatic rings. The maximum atomic E-state index is 4.18. The molecule has 0 saturated carbocycles. The molecule has 0 spiro atoms. The topological polar surface area (TPSA) is 36.8 Å². The van der Waals surface area contributed by atoms with E-state index in [1.807, 2.05) is 13.0 Å². The van der Waals surface area contributed by atoms with Crippen LogP contribution in [0.2, 0.25) is 0 Å². The molecule has 0 saturated heterocycles. The quantitative estimate of drug-likeness (QED) is 0.679. The lowest BCUT2D eigenvalue weighted by atomic mass is 9.93. The number of rotatable bonds is 6. The first-order valence-corrected chi connectivity index (χ1v) is 6.27. The van der Waals surface area contributed by atoms with Crippen molar-refractivity contribution in [1.29, 1.82) is 0 Å². The molecule has 3 heteroatoms. The fourth-order valence-electron chi connectivity index (χ4n) is 0.939. The summed E-state index contributed by atoms with van der Waals surface area (Å²) < 4.78 is 0. The Hall–Kier alpha value is -1.12. The number of allylic oxidation sites excluding steroid dienone is 2. The van der Waals surface area contributed by atoms with Crippen molar-refractivity contribution >= 4 is 0 Å². The fourth-order valence-corrected chi connectivity index (χ4v) is 0.939. The molecule has 0 aromatic carbocycles. The van der Waals surface area contributed by atoms with Gasteiger partial charge in [0.2, 0.25) is 0 Å². The van der Waals surface area contributed by atoms with E-state index >= 15 is 0 Å². The lowest BCUT2D eigenvalue weighted by Gasteiger charge is -2.22. The van der Waals surface area contributed by atoms with Crippen LogP contribution in [0.5, 0.6) is 0 Å². The molecule has 0 aliphatic rings. The maximum absolute atomic E-state index is 4.18. The third-order valence-electron chi connectivity index (χ3n) is 2.44. The molecule has 0 unspecified atom stereocenters. The molecule has 0 aliphatic carbocycles. The van der Waals surface area contributed by atoms with Crippen molar-refractivity contribution in [3.63, 3.8) is 0 Å². The van der Waals surface area contributed by atoms with Crippen molar-refractivity contribution in [2.24, 2.45) is 21.6 Å². The van der Waals surface area contributed by atoms with Crippen LogP contribution < -0.4 is 5.32 Å². The third-order valence-corrected chi connectivity index (χ3v) is 2.44. The molecular weight excluding hydrogens is 210 g/mol. The minimum Gasteiger partial charge on any atom is -0.343 e. The molecule has 0 bridgehead atoms. The summed E-state index contributed by atoms with van der Waals surface area (Å²) in [5.74, 6) is 1.44. The second-order valence-electron chi connectivity index (χ2n) is 5.68. The molecule has 0 atom stereocenters. The van der Waals surface area contributed by atoms with Crippen LogP contribution >= 0.6 is 0 Å². The van der Waals surface area contributed by atoms with Crippen molar-refractivity contribution < 1.29 is 0 Å². The van der Waals surface area contributed by atoms with Gasteiger partial charge in [0, 0.05) is 11.1 Å². The number of nitrogens with zero attached hydrogens (tertiary/aromatic N) is 2. The van der Waals surface area contributed by atoms with Crippen molar-refractivity contribution in [2.75, 3.05) is 6.54 Å². The van der Waals surface area contributed by atoms with Gasteiger partial charge in [-0.25, -0.2) is 0 Å². The molecule has 0 aliphatic heterocycles. The van der Waals surface area contributed by atoms with Gasteiger partial charge in [-0.2, -0.15) is 5.11 Å². The van der Waals surface area contributed by atoms with E-state index in [-0.39, 0.29) is 5.41 Å². The number of hydrogen-bond donors (Lipinski definition) is 1. The second-order valence-corrected chi connectivity index (χ2v) is 5.68. The Bertz CT molecular complexity index is 293. The van der Waals surface area contributed by atoms with Crippen molar-refractivity contribution in [1.82, 2.24) is 5.32 Å². The zero-order chi connectivity index (χ0) is 13.5. The van der Waals surface area contributed by atoms with Crippen LogP contribution in [-0.2, 0) is 0 Å². The van der Waals surface area contributed by atoms with E-state index in [2.05, 4.69) is 56.7 Å². The van der Waals surface area contributed by atoms with Gasteiger partial charge >= 0.3 is 0 Å². The van der Waals surface area contributed by atoms with Gasteiger partial charge in [0.05, 0.1) is 6.54 Å². The van der Waals surface area contributed by atoms with E-state index < -0.39 is 0 Å². The molecule has 17 heavy (non-hydrogen) atoms. The zero-order valence-electron chi connectivity index (χ0n) is 12.2. The lowest BCUT2D eigenvalue weighted by molar-refractivity contribution is 0.474. The molecule has 0 amide bonds. The van der Waals surface area contributed by atoms with E-state index in [4.69, 9.17) is 0 Å². The molecule has 3 nitrogen and oxygen atoms in total. The van der Waals surface area contributed by atoms with Gasteiger partial charge in [0.15, 0.2) is 0 Å². The minimum atomic E-state index is 0.0295. The van der Waals surface area contributed by atoms with Crippen molar-refractivity contribution in [3.8, 4) is 0 Å². The normalized spacial score (nSPS) is 13.5. The molecule has 0 radical (unpaired) electrons. The first-order chi connectivity index (χ1) is 7.77. The highest BCUT2D eigenvalue weighted by molar-refractivity contribution is 5.11. The molecule has 98 valence electrons. The summed E-state index contributed by atoms with van der Waals surface area (Å²) in [5, 5.41) is 11.6. The maximum Gasteiger partial charge on any atom is 0.147 e. The van der Waals surface area contributed by atoms with Gasteiger partial charge in [0.25, 0.3) is 0 Å². The summed E-state index contributed by atoms with van der Waals surface area (Å²) in [5.41, 5.74) is 0.982. The number of nitrogens with one attached hydrogen (secondary N) is 1. The van der Waals surface area contributed by atoms with Crippen LogP contribution in [-0.4, -0.2) is 6.54 Å². The van der Waals surface area contributed by atoms with Gasteiger partial charge in [0.1, 0.15) is 5.82 Å². The van der Waals surface area contributed by atoms with E-state index in [1.54, 1.807) is 0 Å². The molecule has 0 fully saturated rings. The summed E-state index contributed by atoms with van der Waals surface area (Å²) in [6.07, 6.45) is 2.98. The van der Waals surface area contributed by atoms with Crippen molar-refractivity contribution in [3.05, 3.63) is 24.2 Å². The Balaban J connectivity index is 4.24. The molecular formula is C14H27N3. The largest absolute Gasteiger partial charge is 0.343 e. The van der Waals surface area contributed by atoms with Crippen LogP contribution in [0.3, 0.4) is 0 Å². The average Bonchev–Trinajstić information content (AvgIpc) is 2.20. The van der Waals surface area contributed by atoms with Gasteiger partial charge in [-0.3, -0.25) is 0 Å². The SMILES string of the molecule is C=C(N/C(=C/C)N=NCCC(C)C)C(C)(C)C. The highest BCUT2D eigenvalue weighted by Crippen LogP contribution is 2.22. The second kappa shape index (κ2) is 7.25. The highest BCUT2D eigenvalue weighted by atomic mass is 15.2. The van der Waals surface area contributed by atoms with E-state index in [0.717, 1.165) is 24.5 Å². The van der Waals surface area contributed by atoms with Gasteiger partial charge in [-0.15, -0.1) is 5.11 Å². The number of hydrogen-bond acceptors (Lipinski definition) is 3. The number of azo groups is 1. The minimum absolute atomic E-state index is 0.0295. The highest BCUT2D eigenvalue weighted by Gasteiger charge is 2.15. The van der Waals surface area contributed by atoms with Gasteiger partial charge in [-0.1, -0.05) is 41.2 Å². The van der Waals surface area contributed by atoms with Crippen LogP contribution in [0.4, 0.5) is 0 Å².